The van der Waals surface area contributed by atoms with E-state index in [4.69, 9.17) is 39.9 Å². The Kier molecular flexibility index (Phi) is 29.9. The Morgan fingerprint density at radius 1 is 0.108 bits per heavy atom. The molecule has 8 heteroatoms. The van der Waals surface area contributed by atoms with E-state index >= 15 is 0 Å². The third kappa shape index (κ3) is 24.7. The first-order chi connectivity index (χ1) is 71.8. The molecular formula is C140H120N8. The minimum Gasteiger partial charge on any atom is -0.248 e. The second-order valence-corrected chi connectivity index (χ2v) is 41.6. The van der Waals surface area contributed by atoms with Crippen LogP contribution in [0.3, 0.4) is 0 Å². The van der Waals surface area contributed by atoms with E-state index in [1.54, 1.807) is 0 Å². The first kappa shape index (κ1) is 99.0. The average molecular weight is 1910 g/mol. The zero-order chi connectivity index (χ0) is 102. The average Bonchev–Trinajstić information content (AvgIpc) is 0.771. The molecule has 0 unspecified atom stereocenters. The minimum atomic E-state index is -0.287. The van der Waals surface area contributed by atoms with Crippen molar-refractivity contribution >= 4 is 0 Å². The van der Waals surface area contributed by atoms with E-state index in [-0.39, 0.29) is 21.7 Å². The van der Waals surface area contributed by atoms with Crippen LogP contribution in [-0.2, 0) is 21.7 Å². The Labute approximate surface area is 872 Å². The first-order valence-electron chi connectivity index (χ1n) is 50.9. The molecule has 0 saturated heterocycles. The highest BCUT2D eigenvalue weighted by Crippen LogP contribution is 2.43. The molecule has 8 nitrogen and oxygen atoms in total. The van der Waals surface area contributed by atoms with Gasteiger partial charge < -0.3 is 0 Å². The highest BCUT2D eigenvalue weighted by Gasteiger charge is 2.27. The third-order valence-electron chi connectivity index (χ3n) is 26.3. The number of aromatic nitrogens is 8. The maximum Gasteiger partial charge on any atom is 0.163 e. The van der Waals surface area contributed by atoms with Crippen LogP contribution in [0.2, 0.25) is 0 Å². The van der Waals surface area contributed by atoms with Gasteiger partial charge in [0.15, 0.2) is 17.5 Å². The topological polar surface area (TPSA) is 103 Å². The van der Waals surface area contributed by atoms with Crippen LogP contribution >= 0.6 is 0 Å². The Morgan fingerprint density at radius 3 is 0.541 bits per heavy atom. The van der Waals surface area contributed by atoms with Crippen LogP contribution in [0.4, 0.5) is 0 Å². The molecule has 22 rings (SSSR count). The lowest BCUT2D eigenvalue weighted by molar-refractivity contribution is 0.543. The molecule has 18 aromatic carbocycles. The van der Waals surface area contributed by atoms with Crippen LogP contribution < -0.4 is 0 Å². The van der Waals surface area contributed by atoms with Crippen LogP contribution in [0.15, 0.2) is 510 Å². The van der Waals surface area contributed by atoms with Gasteiger partial charge in [0, 0.05) is 60.9 Å². The fourth-order valence-electron chi connectivity index (χ4n) is 18.1. The first-order valence-corrected chi connectivity index (χ1v) is 50.9. The number of hydrogen-bond donors (Lipinski definition) is 0. The summed E-state index contributed by atoms with van der Waals surface area (Å²) in [7, 11) is 0. The largest absolute Gasteiger partial charge is 0.248 e. The molecular weight excluding hydrogens is 1790 g/mol. The zero-order valence-electron chi connectivity index (χ0n) is 86.1. The van der Waals surface area contributed by atoms with Gasteiger partial charge in [-0.25, -0.2) is 39.9 Å². The van der Waals surface area contributed by atoms with Crippen LogP contribution in [0, 0.1) is 0 Å². The van der Waals surface area contributed by atoms with Crippen molar-refractivity contribution in [3.05, 3.63) is 532 Å². The maximum absolute atomic E-state index is 5.22. The normalized spacial score (nSPS) is 11.4. The van der Waals surface area contributed by atoms with E-state index in [1.807, 2.05) is 66.7 Å². The SMILES string of the molecule is CC(C)(C)c1cccc(-c2cc(-c3ccccc3)cc(-c3ccccc3)n2)c1.CC(C)(C)c1cccc(-c2cc(-c3ccccc3)nc(-c3ccccc3)n2)c1.CC(C)(C)c1nc(-c2cc(-c3ccccc3)cc(-c3ccccc3)c2)cc(-c2cc(-c3ccccc3)cc(-c3ccccc3)c2)n1.CC(C)(C)c1nc(-c2cc(-c3ccccc3)cc(-c3ccccc3)c2)nc(-c2cc(-c3ccccc3)cc(-c3ccccc3)c2)n1. The van der Waals surface area contributed by atoms with Gasteiger partial charge in [-0.05, 0) is 231 Å². The number of nitrogens with zero attached hydrogens (tertiary/aromatic N) is 8. The zero-order valence-corrected chi connectivity index (χ0v) is 86.1. The molecule has 0 saturated carbocycles. The van der Waals surface area contributed by atoms with Crippen molar-refractivity contribution in [3.63, 3.8) is 0 Å². The summed E-state index contributed by atoms with van der Waals surface area (Å²) in [6.07, 6.45) is 0. The van der Waals surface area contributed by atoms with Crippen molar-refractivity contribution in [3.8, 4) is 202 Å². The predicted octanol–water partition coefficient (Wildman–Crippen LogP) is 37.1. The van der Waals surface area contributed by atoms with Crippen LogP contribution in [0.25, 0.3) is 202 Å². The van der Waals surface area contributed by atoms with E-state index in [0.29, 0.717) is 11.6 Å². The summed E-state index contributed by atoms with van der Waals surface area (Å²) < 4.78 is 0. The Morgan fingerprint density at radius 2 is 0.291 bits per heavy atom. The van der Waals surface area contributed by atoms with Crippen LogP contribution in [0.1, 0.15) is 106 Å². The number of hydrogen-bond acceptors (Lipinski definition) is 8. The van der Waals surface area contributed by atoms with E-state index in [1.165, 1.54) is 44.5 Å². The highest BCUT2D eigenvalue weighted by molar-refractivity contribution is 5.88. The number of rotatable bonds is 18. The Bertz CT molecular complexity index is 7130. The fourth-order valence-corrected chi connectivity index (χ4v) is 18.1. The molecule has 148 heavy (non-hydrogen) atoms. The summed E-state index contributed by atoms with van der Waals surface area (Å²) >= 11 is 0. The summed E-state index contributed by atoms with van der Waals surface area (Å²) in [6.45, 7) is 26.4. The Hall–Kier alpha value is -17.7. The fraction of sp³-hybridized carbons (Fsp3) is 0.114. The van der Waals surface area contributed by atoms with Gasteiger partial charge in [0.2, 0.25) is 0 Å². The molecule has 0 fully saturated rings. The van der Waals surface area contributed by atoms with Gasteiger partial charge >= 0.3 is 0 Å². The molecule has 22 aromatic rings. The van der Waals surface area contributed by atoms with Gasteiger partial charge in [-0.3, -0.25) is 0 Å². The van der Waals surface area contributed by atoms with Gasteiger partial charge in [0.1, 0.15) is 11.6 Å². The maximum atomic E-state index is 5.22. The van der Waals surface area contributed by atoms with Crippen molar-refractivity contribution in [2.45, 2.75) is 105 Å². The summed E-state index contributed by atoms with van der Waals surface area (Å²) in [6, 6.07) is 179. The number of pyridine rings is 1. The van der Waals surface area contributed by atoms with Crippen LogP contribution in [0.5, 0.6) is 0 Å². The molecule has 0 spiro atoms. The van der Waals surface area contributed by atoms with E-state index in [9.17, 15) is 0 Å². The smallest absolute Gasteiger partial charge is 0.163 e. The third-order valence-corrected chi connectivity index (χ3v) is 26.3. The molecule has 0 amide bonds. The van der Waals surface area contributed by atoms with Gasteiger partial charge in [0.05, 0.1) is 34.2 Å². The monoisotopic (exact) mass is 1910 g/mol. The molecule has 720 valence electrons. The van der Waals surface area contributed by atoms with Gasteiger partial charge in [0.25, 0.3) is 0 Å². The van der Waals surface area contributed by atoms with E-state index < -0.39 is 0 Å². The second kappa shape index (κ2) is 44.6. The Balaban J connectivity index is 0.000000128. The summed E-state index contributed by atoms with van der Waals surface area (Å²) in [5.74, 6) is 3.65. The standard InChI is InChI=1S/C44H36N2.C43H35N3.C27H25N.C26H24N2/c1-44(2,3)43-45-41(39-26-35(31-16-8-4-9-17-31)24-36(27-39)32-18-10-5-11-19-32)30-42(46-43)40-28-37(33-20-12-6-13-21-33)25-38(29-40)34-22-14-7-15-23-34;1-43(2,3)42-45-40(38-26-34(30-16-8-4-9-17-30)24-35(27-38)31-18-10-5-11-19-31)44-41(46-42)39-28-36(32-20-12-6-13-21-32)25-37(29-39)33-22-14-7-15-23-33;1-27(2,3)24-16-10-15-22(17-24)26-19-23(20-11-6-4-7-12-20)18-25(28-26)21-13-8-5-9-14-21;1-26(2,3)22-16-10-15-21(17-22)24-18-23(19-11-6-4-7-12-19)27-25(28-24)20-13-8-5-9-14-20/h4-30H,1-3H3;4-29H,1-3H3;4-19H,1-3H3;4-18H,1-3H3. The van der Waals surface area contributed by atoms with Crippen LogP contribution in [-0.4, -0.2) is 39.9 Å². The summed E-state index contributed by atoms with van der Waals surface area (Å²) in [4.78, 5) is 40.7. The minimum absolute atomic E-state index is 0.0908. The molecule has 4 heterocycles. The van der Waals surface area contributed by atoms with E-state index in [0.717, 1.165) is 168 Å². The lowest BCUT2D eigenvalue weighted by Gasteiger charge is -2.20. The lowest BCUT2D eigenvalue weighted by Crippen LogP contribution is -2.18. The summed E-state index contributed by atoms with van der Waals surface area (Å²) in [5, 5.41) is 0. The summed E-state index contributed by atoms with van der Waals surface area (Å²) in [5.41, 5.74) is 38.3. The molecule has 0 aliphatic heterocycles. The van der Waals surface area contributed by atoms with Gasteiger partial charge in [-0.15, -0.1) is 0 Å². The molecule has 0 bridgehead atoms. The molecule has 0 aliphatic carbocycles. The predicted molar refractivity (Wildman–Crippen MR) is 621 cm³/mol. The van der Waals surface area contributed by atoms with Crippen molar-refractivity contribution in [2.24, 2.45) is 0 Å². The van der Waals surface area contributed by atoms with Crippen molar-refractivity contribution in [2.75, 3.05) is 0 Å². The highest BCUT2D eigenvalue weighted by atomic mass is 15.0. The lowest BCUT2D eigenvalue weighted by atomic mass is 9.86. The molecule has 0 aliphatic rings. The van der Waals surface area contributed by atoms with Crippen molar-refractivity contribution in [1.82, 2.24) is 39.9 Å². The molecule has 0 atom stereocenters. The quantitative estimate of drug-likeness (QED) is 0.0837. The van der Waals surface area contributed by atoms with E-state index in [2.05, 4.69) is 526 Å². The van der Waals surface area contributed by atoms with Crippen molar-refractivity contribution in [1.29, 1.82) is 0 Å². The number of benzene rings is 18. The molecule has 4 aromatic heterocycles. The van der Waals surface area contributed by atoms with Gasteiger partial charge in [-0.1, -0.05) is 483 Å². The molecule has 0 N–H and O–H groups in total. The van der Waals surface area contributed by atoms with Gasteiger partial charge in [-0.2, -0.15) is 0 Å². The molecule has 0 radical (unpaired) electrons. The second-order valence-electron chi connectivity index (χ2n) is 41.6. The van der Waals surface area contributed by atoms with Crippen molar-refractivity contribution < 1.29 is 0 Å².